The summed E-state index contributed by atoms with van der Waals surface area (Å²) >= 11 is 0. The first-order valence-corrected chi connectivity index (χ1v) is 14.1. The molecule has 0 saturated heterocycles. The molecule has 0 spiro atoms. The molecule has 0 aliphatic carbocycles. The largest absolute Gasteiger partial charge is 0.335 e. The molecule has 0 saturated carbocycles. The fraction of sp³-hybridized carbons (Fsp3) is 0.333. The predicted octanol–water partition coefficient (Wildman–Crippen LogP) is 5.79. The zero-order chi connectivity index (χ0) is 27.4. The van der Waals surface area contributed by atoms with E-state index in [2.05, 4.69) is 50.4 Å². The highest BCUT2D eigenvalue weighted by Gasteiger charge is 2.20. The van der Waals surface area contributed by atoms with E-state index in [-0.39, 0.29) is 40.3 Å². The van der Waals surface area contributed by atoms with Crippen molar-refractivity contribution in [2.45, 2.75) is 57.4 Å². The normalized spacial score (nSPS) is 12.6. The Morgan fingerprint density at radius 2 is 1.46 bits per heavy atom. The fourth-order valence-electron chi connectivity index (χ4n) is 3.93. The van der Waals surface area contributed by atoms with Crippen LogP contribution < -0.4 is 5.32 Å². The predicted molar refractivity (Wildman–Crippen MR) is 149 cm³/mol. The molecule has 0 aliphatic heterocycles. The Labute approximate surface area is 220 Å². The molecule has 1 N–H and O–H groups in total. The van der Waals surface area contributed by atoms with Gasteiger partial charge in [-0.1, -0.05) is 64.1 Å². The Morgan fingerprint density at radius 1 is 0.892 bits per heavy atom. The number of carbonyl (C=O) groups excluding carboxylic acids is 2. The number of nitrogens with one attached hydrogen (secondary N) is 1. The van der Waals surface area contributed by atoms with Gasteiger partial charge in [0.05, 0.1) is 23.1 Å². The number of rotatable bonds is 8. The van der Waals surface area contributed by atoms with Crippen LogP contribution in [0.15, 0.2) is 77.7 Å². The Morgan fingerprint density at radius 3 is 1.97 bits per heavy atom. The number of benzene rings is 3. The number of anilines is 1. The second-order valence-corrected chi connectivity index (χ2v) is 12.6. The van der Waals surface area contributed by atoms with Gasteiger partial charge in [0.1, 0.15) is 0 Å². The third-order valence-electron chi connectivity index (χ3n) is 6.60. The van der Waals surface area contributed by atoms with Gasteiger partial charge in [0, 0.05) is 18.3 Å². The number of nitrogens with zero attached hydrogens (tertiary/aromatic N) is 1. The topological polar surface area (TPSA) is 83.5 Å². The van der Waals surface area contributed by atoms with Crippen molar-refractivity contribution < 1.29 is 18.0 Å². The van der Waals surface area contributed by atoms with E-state index < -0.39 is 9.84 Å². The van der Waals surface area contributed by atoms with E-state index in [0.717, 1.165) is 5.56 Å². The molecule has 1 unspecified atom stereocenters. The van der Waals surface area contributed by atoms with Crippen LogP contribution in [-0.2, 0) is 26.5 Å². The van der Waals surface area contributed by atoms with Crippen LogP contribution in [0.1, 0.15) is 67.7 Å². The van der Waals surface area contributed by atoms with E-state index in [4.69, 9.17) is 0 Å². The molecule has 3 rings (SSSR count). The Balaban J connectivity index is 1.60. The van der Waals surface area contributed by atoms with E-state index in [1.165, 1.54) is 17.7 Å². The fourth-order valence-corrected chi connectivity index (χ4v) is 4.82. The molecule has 0 aromatic heterocycles. The number of amides is 2. The SMILES string of the molecule is CCS(=O)(=O)c1ccc(CC(=O)Nc2ccc(C(=O)N(C)C(C)c3ccc(C(C)(C)C)cc3)cc2)cc1. The van der Waals surface area contributed by atoms with Crippen LogP contribution in [-0.4, -0.2) is 37.9 Å². The van der Waals surface area contributed by atoms with Crippen molar-refractivity contribution in [2.24, 2.45) is 0 Å². The van der Waals surface area contributed by atoms with Gasteiger partial charge in [0.15, 0.2) is 9.84 Å². The second kappa shape index (κ2) is 11.3. The maximum atomic E-state index is 13.1. The number of sulfone groups is 1. The Bertz CT molecular complexity index is 1340. The van der Waals surface area contributed by atoms with E-state index >= 15 is 0 Å². The molecule has 7 heteroatoms. The lowest BCUT2D eigenvalue weighted by Crippen LogP contribution is -2.29. The highest BCUT2D eigenvalue weighted by molar-refractivity contribution is 7.91. The Hall–Kier alpha value is -3.45. The highest BCUT2D eigenvalue weighted by Crippen LogP contribution is 2.26. The monoisotopic (exact) mass is 520 g/mol. The third-order valence-corrected chi connectivity index (χ3v) is 8.35. The summed E-state index contributed by atoms with van der Waals surface area (Å²) in [4.78, 5) is 27.5. The van der Waals surface area contributed by atoms with Crippen molar-refractivity contribution in [1.29, 1.82) is 0 Å². The zero-order valence-electron chi connectivity index (χ0n) is 22.4. The summed E-state index contributed by atoms with van der Waals surface area (Å²) in [5.41, 5.74) is 4.21. The molecule has 6 nitrogen and oxygen atoms in total. The average molecular weight is 521 g/mol. The van der Waals surface area contributed by atoms with Crippen LogP contribution in [0, 0.1) is 0 Å². The number of hydrogen-bond donors (Lipinski definition) is 1. The molecular formula is C30H36N2O4S. The smallest absolute Gasteiger partial charge is 0.254 e. The summed E-state index contributed by atoms with van der Waals surface area (Å²) in [6, 6.07) is 21.4. The minimum atomic E-state index is -3.27. The van der Waals surface area contributed by atoms with Crippen LogP contribution in [0.25, 0.3) is 0 Å². The minimum absolute atomic E-state index is 0.0323. The van der Waals surface area contributed by atoms with E-state index in [9.17, 15) is 18.0 Å². The van der Waals surface area contributed by atoms with Crippen molar-refractivity contribution in [3.8, 4) is 0 Å². The molecule has 0 aliphatic rings. The molecule has 0 bridgehead atoms. The quantitative estimate of drug-likeness (QED) is 0.407. The van der Waals surface area contributed by atoms with E-state index in [1.807, 2.05) is 6.92 Å². The van der Waals surface area contributed by atoms with Crippen LogP contribution in [0.5, 0.6) is 0 Å². The standard InChI is InChI=1S/C30H36N2O4S/c1-7-37(35,36)27-18-8-22(9-19-27)20-28(33)31-26-16-12-24(13-17-26)29(34)32(6)21(2)23-10-14-25(15-11-23)30(3,4)5/h8-19,21H,7,20H2,1-6H3,(H,31,33). The molecule has 3 aromatic carbocycles. The van der Waals surface area contributed by atoms with Gasteiger partial charge in [0.2, 0.25) is 5.91 Å². The van der Waals surface area contributed by atoms with Crippen molar-refractivity contribution in [1.82, 2.24) is 4.90 Å². The maximum Gasteiger partial charge on any atom is 0.254 e. The maximum absolute atomic E-state index is 13.1. The first kappa shape index (κ1) is 28.1. The molecule has 0 radical (unpaired) electrons. The molecule has 2 amide bonds. The van der Waals surface area contributed by atoms with Crippen LogP contribution in [0.3, 0.4) is 0 Å². The van der Waals surface area contributed by atoms with Crippen LogP contribution >= 0.6 is 0 Å². The third kappa shape index (κ3) is 7.07. The van der Waals surface area contributed by atoms with Gasteiger partial charge in [-0.2, -0.15) is 0 Å². The van der Waals surface area contributed by atoms with E-state index in [1.54, 1.807) is 55.3 Å². The second-order valence-electron chi connectivity index (χ2n) is 10.3. The van der Waals surface area contributed by atoms with Crippen LogP contribution in [0.2, 0.25) is 0 Å². The first-order valence-electron chi connectivity index (χ1n) is 12.4. The summed E-state index contributed by atoms with van der Waals surface area (Å²) in [6.07, 6.45) is 0.112. The summed E-state index contributed by atoms with van der Waals surface area (Å²) in [6.45, 7) is 10.1. The molecule has 0 heterocycles. The molecule has 3 aromatic rings. The molecule has 0 fully saturated rings. The summed E-state index contributed by atoms with van der Waals surface area (Å²) < 4.78 is 23.9. The molecule has 196 valence electrons. The van der Waals surface area contributed by atoms with Gasteiger partial charge in [-0.3, -0.25) is 9.59 Å². The lowest BCUT2D eigenvalue weighted by Gasteiger charge is -2.26. The number of carbonyl (C=O) groups is 2. The Kier molecular flexibility index (Phi) is 8.59. The first-order chi connectivity index (χ1) is 17.3. The van der Waals surface area contributed by atoms with Gasteiger partial charge >= 0.3 is 0 Å². The zero-order valence-corrected chi connectivity index (χ0v) is 23.2. The average Bonchev–Trinajstić information content (AvgIpc) is 2.87. The number of hydrogen-bond acceptors (Lipinski definition) is 4. The lowest BCUT2D eigenvalue weighted by atomic mass is 9.86. The van der Waals surface area contributed by atoms with E-state index in [0.29, 0.717) is 16.8 Å². The minimum Gasteiger partial charge on any atom is -0.335 e. The van der Waals surface area contributed by atoms with Crippen molar-refractivity contribution in [2.75, 3.05) is 18.1 Å². The van der Waals surface area contributed by atoms with Crippen LogP contribution in [0.4, 0.5) is 5.69 Å². The van der Waals surface area contributed by atoms with Crippen molar-refractivity contribution in [3.63, 3.8) is 0 Å². The van der Waals surface area contributed by atoms with Gasteiger partial charge in [0.25, 0.3) is 5.91 Å². The highest BCUT2D eigenvalue weighted by atomic mass is 32.2. The lowest BCUT2D eigenvalue weighted by molar-refractivity contribution is -0.115. The van der Waals surface area contributed by atoms with Gasteiger partial charge in [-0.25, -0.2) is 8.42 Å². The van der Waals surface area contributed by atoms with Gasteiger partial charge in [-0.05, 0) is 65.4 Å². The summed E-state index contributed by atoms with van der Waals surface area (Å²) in [7, 11) is -1.48. The van der Waals surface area contributed by atoms with Crippen molar-refractivity contribution >= 4 is 27.3 Å². The summed E-state index contributed by atoms with van der Waals surface area (Å²) in [5, 5.41) is 2.83. The molecular weight excluding hydrogens is 484 g/mol. The summed E-state index contributed by atoms with van der Waals surface area (Å²) in [5.74, 6) is -0.299. The molecule has 1 atom stereocenters. The van der Waals surface area contributed by atoms with Gasteiger partial charge < -0.3 is 10.2 Å². The van der Waals surface area contributed by atoms with Gasteiger partial charge in [-0.15, -0.1) is 0 Å². The molecule has 37 heavy (non-hydrogen) atoms. The van der Waals surface area contributed by atoms with Crippen molar-refractivity contribution in [3.05, 3.63) is 95.1 Å².